The number of hydrogen-bond donors (Lipinski definition) is 0. The normalized spacial score (nSPS) is 17.8. The van der Waals surface area contributed by atoms with Crippen molar-refractivity contribution in [2.24, 2.45) is 4.99 Å². The van der Waals surface area contributed by atoms with Gasteiger partial charge in [-0.3, -0.25) is 0 Å². The van der Waals surface area contributed by atoms with Gasteiger partial charge in [-0.1, -0.05) is 36.0 Å². The molecule has 0 aromatic heterocycles. The smallest absolute Gasteiger partial charge is 0.211 e. The molecular weight excluding hydrogens is 264 g/mol. The van der Waals surface area contributed by atoms with Crippen molar-refractivity contribution in [1.82, 2.24) is 0 Å². The zero-order valence-electron chi connectivity index (χ0n) is 8.97. The third kappa shape index (κ3) is 2.23. The first-order valence-corrected chi connectivity index (χ1v) is 6.09. The van der Waals surface area contributed by atoms with Crippen molar-refractivity contribution in [3.63, 3.8) is 0 Å². The van der Waals surface area contributed by atoms with Crippen molar-refractivity contribution in [3.8, 4) is 0 Å². The maximum Gasteiger partial charge on any atom is 0.235 e. The fourth-order valence-electron chi connectivity index (χ4n) is 2.38. The van der Waals surface area contributed by atoms with E-state index >= 15 is 0 Å². The van der Waals surface area contributed by atoms with Gasteiger partial charge in [0.05, 0.1) is 10.6 Å². The van der Waals surface area contributed by atoms with Gasteiger partial charge in [-0.2, -0.15) is 4.99 Å². The van der Waals surface area contributed by atoms with Crippen LogP contribution in [0.2, 0.25) is 10.0 Å². The topological polar surface area (TPSA) is 29.4 Å². The predicted octanol–water partition coefficient (Wildman–Crippen LogP) is 4.24. The molecule has 5 heteroatoms. The number of rotatable bonds is 2. The Morgan fingerprint density at radius 2 is 1.94 bits per heavy atom. The molecule has 1 aliphatic rings. The summed E-state index contributed by atoms with van der Waals surface area (Å²) < 4.78 is 13.5. The number of aliphatic imine (C=N–C) groups is 1. The molecule has 1 aliphatic carbocycles. The molecule has 0 radical (unpaired) electrons. The predicted molar refractivity (Wildman–Crippen MR) is 64.7 cm³/mol. The molecule has 0 bridgehead atoms. The van der Waals surface area contributed by atoms with Gasteiger partial charge in [0.15, 0.2) is 0 Å². The average molecular weight is 274 g/mol. The van der Waals surface area contributed by atoms with Crippen molar-refractivity contribution >= 4 is 29.3 Å². The van der Waals surface area contributed by atoms with Crippen LogP contribution in [0.5, 0.6) is 0 Å². The first kappa shape index (κ1) is 12.6. The van der Waals surface area contributed by atoms with Crippen LogP contribution in [0, 0.1) is 5.82 Å². The largest absolute Gasteiger partial charge is 0.235 e. The van der Waals surface area contributed by atoms with Gasteiger partial charge in [0.2, 0.25) is 6.08 Å². The van der Waals surface area contributed by atoms with E-state index in [1.807, 2.05) is 0 Å². The Balaban J connectivity index is 2.61. The summed E-state index contributed by atoms with van der Waals surface area (Å²) >= 11 is 11.8. The highest BCUT2D eigenvalue weighted by atomic mass is 35.5. The minimum atomic E-state index is -0.745. The fraction of sp³-hybridized carbons (Fsp3) is 0.417. The molecule has 0 unspecified atom stereocenters. The molecule has 0 saturated heterocycles. The number of isocyanates is 1. The zero-order chi connectivity index (χ0) is 12.5. The van der Waals surface area contributed by atoms with E-state index in [1.54, 1.807) is 12.1 Å². The maximum absolute atomic E-state index is 13.5. The van der Waals surface area contributed by atoms with Crippen LogP contribution in [0.3, 0.4) is 0 Å². The third-order valence-electron chi connectivity index (χ3n) is 3.18. The summed E-state index contributed by atoms with van der Waals surface area (Å²) in [5.74, 6) is -0.582. The highest BCUT2D eigenvalue weighted by Crippen LogP contribution is 2.46. The van der Waals surface area contributed by atoms with E-state index in [9.17, 15) is 9.18 Å². The molecule has 0 aliphatic heterocycles. The van der Waals surface area contributed by atoms with Gasteiger partial charge in [0, 0.05) is 10.6 Å². The molecule has 0 spiro atoms. The summed E-state index contributed by atoms with van der Waals surface area (Å²) in [4.78, 5) is 14.4. The van der Waals surface area contributed by atoms with Crippen LogP contribution in [0.4, 0.5) is 4.39 Å². The van der Waals surface area contributed by atoms with Crippen LogP contribution in [0.25, 0.3) is 0 Å². The van der Waals surface area contributed by atoms with Gasteiger partial charge in [-0.25, -0.2) is 9.18 Å². The van der Waals surface area contributed by atoms with Gasteiger partial charge in [0.25, 0.3) is 0 Å². The standard InChI is InChI=1S/C12H10Cl2FNO/c13-8-5-9(11(14)10(15)6-8)12(16-7-17)3-1-2-4-12/h5-6H,1-4H2. The molecule has 0 N–H and O–H groups in total. The van der Waals surface area contributed by atoms with Gasteiger partial charge < -0.3 is 0 Å². The number of halogens is 3. The number of benzene rings is 1. The van der Waals surface area contributed by atoms with Gasteiger partial charge in [-0.05, 0) is 25.0 Å². The molecule has 1 saturated carbocycles. The summed E-state index contributed by atoms with van der Waals surface area (Å²) in [6.45, 7) is 0. The summed E-state index contributed by atoms with van der Waals surface area (Å²) in [6.07, 6.45) is 4.76. The van der Waals surface area contributed by atoms with Crippen LogP contribution in [-0.2, 0) is 10.3 Å². The summed E-state index contributed by atoms with van der Waals surface area (Å²) in [6, 6.07) is 2.74. The zero-order valence-corrected chi connectivity index (χ0v) is 10.5. The first-order valence-electron chi connectivity index (χ1n) is 5.33. The molecule has 17 heavy (non-hydrogen) atoms. The van der Waals surface area contributed by atoms with Crippen LogP contribution in [0.1, 0.15) is 31.2 Å². The monoisotopic (exact) mass is 273 g/mol. The van der Waals surface area contributed by atoms with E-state index in [0.29, 0.717) is 18.4 Å². The Bertz CT molecular complexity index is 492. The molecule has 1 aromatic carbocycles. The van der Waals surface area contributed by atoms with E-state index in [1.165, 1.54) is 0 Å². The molecule has 2 nitrogen and oxygen atoms in total. The second-order valence-corrected chi connectivity index (χ2v) is 5.01. The van der Waals surface area contributed by atoms with E-state index in [-0.39, 0.29) is 10.0 Å². The van der Waals surface area contributed by atoms with Crippen LogP contribution < -0.4 is 0 Å². The number of hydrogen-bond acceptors (Lipinski definition) is 2. The maximum atomic E-state index is 13.5. The summed E-state index contributed by atoms with van der Waals surface area (Å²) in [5, 5.41) is 0.254. The highest BCUT2D eigenvalue weighted by molar-refractivity contribution is 6.33. The van der Waals surface area contributed by atoms with Crippen molar-refractivity contribution in [1.29, 1.82) is 0 Å². The van der Waals surface area contributed by atoms with Crippen molar-refractivity contribution in [2.45, 2.75) is 31.2 Å². The minimum absolute atomic E-state index is 0.00435. The van der Waals surface area contributed by atoms with Crippen LogP contribution in [-0.4, -0.2) is 6.08 Å². The molecule has 90 valence electrons. The van der Waals surface area contributed by atoms with Crippen molar-refractivity contribution in [3.05, 3.63) is 33.6 Å². The van der Waals surface area contributed by atoms with E-state index in [4.69, 9.17) is 23.2 Å². The van der Waals surface area contributed by atoms with E-state index in [2.05, 4.69) is 4.99 Å². The molecule has 0 heterocycles. The third-order valence-corrected chi connectivity index (χ3v) is 3.79. The molecule has 0 amide bonds. The van der Waals surface area contributed by atoms with Crippen molar-refractivity contribution < 1.29 is 9.18 Å². The minimum Gasteiger partial charge on any atom is -0.211 e. The fourth-order valence-corrected chi connectivity index (χ4v) is 2.87. The molecular formula is C12H10Cl2FNO. The Labute approximate surface area is 108 Å². The lowest BCUT2D eigenvalue weighted by Crippen LogP contribution is -2.20. The van der Waals surface area contributed by atoms with Crippen LogP contribution >= 0.6 is 23.2 Å². The Kier molecular flexibility index (Phi) is 3.53. The van der Waals surface area contributed by atoms with Gasteiger partial charge in [-0.15, -0.1) is 0 Å². The molecule has 1 fully saturated rings. The van der Waals surface area contributed by atoms with E-state index < -0.39 is 11.4 Å². The first-order chi connectivity index (χ1) is 8.09. The Hall–Kier alpha value is -0.890. The van der Waals surface area contributed by atoms with Crippen molar-refractivity contribution in [2.75, 3.05) is 0 Å². The SMILES string of the molecule is O=C=NC1(c2cc(Cl)cc(F)c2Cl)CCCC1. The lowest BCUT2D eigenvalue weighted by atomic mass is 9.89. The second-order valence-electron chi connectivity index (χ2n) is 4.19. The van der Waals surface area contributed by atoms with Gasteiger partial charge >= 0.3 is 0 Å². The van der Waals surface area contributed by atoms with Gasteiger partial charge in [0.1, 0.15) is 5.82 Å². The van der Waals surface area contributed by atoms with Crippen LogP contribution in [0.15, 0.2) is 17.1 Å². The molecule has 1 aromatic rings. The summed E-state index contributed by atoms with van der Waals surface area (Å²) in [5.41, 5.74) is -0.255. The quantitative estimate of drug-likeness (QED) is 0.450. The Morgan fingerprint density at radius 3 is 2.53 bits per heavy atom. The lowest BCUT2D eigenvalue weighted by molar-refractivity contribution is 0.453. The summed E-state index contributed by atoms with van der Waals surface area (Å²) in [7, 11) is 0. The average Bonchev–Trinajstić information content (AvgIpc) is 2.73. The highest BCUT2D eigenvalue weighted by Gasteiger charge is 2.38. The molecule has 2 rings (SSSR count). The van der Waals surface area contributed by atoms with E-state index in [0.717, 1.165) is 18.9 Å². The lowest BCUT2D eigenvalue weighted by Gasteiger charge is -2.24. The number of carbonyl (C=O) groups excluding carboxylic acids is 1. The molecule has 0 atom stereocenters. The Morgan fingerprint density at radius 1 is 1.29 bits per heavy atom. The second kappa shape index (κ2) is 4.77. The number of nitrogens with zero attached hydrogens (tertiary/aromatic N) is 1.